The van der Waals surface area contributed by atoms with Gasteiger partial charge >= 0.3 is 0 Å². The van der Waals surface area contributed by atoms with Crippen LogP contribution >= 0.6 is 0 Å². The van der Waals surface area contributed by atoms with Crippen LogP contribution < -0.4 is 4.74 Å². The van der Waals surface area contributed by atoms with E-state index in [0.717, 1.165) is 50.0 Å². The van der Waals surface area contributed by atoms with E-state index in [1.54, 1.807) is 30.7 Å². The summed E-state index contributed by atoms with van der Waals surface area (Å²) in [5, 5.41) is 10.8. The quantitative estimate of drug-likeness (QED) is 0.625. The minimum atomic E-state index is -0.187. The highest BCUT2D eigenvalue weighted by Gasteiger charge is 2.66. The SMILES string of the molecule is C=C(CN1CC[C@]23c4c5ccc(O)c4O[C@H]2[C@@H](N(C)C(=O)C=Cc2ccoc2)CC[C@H]3[C@H]1C5)N(C)C. The van der Waals surface area contributed by atoms with Gasteiger partial charge in [0.15, 0.2) is 11.5 Å². The minimum absolute atomic E-state index is 0.0490. The molecule has 0 unspecified atom stereocenters. The number of amides is 1. The molecule has 1 saturated heterocycles. The van der Waals surface area contributed by atoms with Gasteiger partial charge in [-0.3, -0.25) is 9.69 Å². The number of ether oxygens (including phenoxy) is 1. The molecule has 2 aromatic rings. The molecule has 2 aliphatic carbocycles. The van der Waals surface area contributed by atoms with Gasteiger partial charge in [-0.25, -0.2) is 0 Å². The van der Waals surface area contributed by atoms with Gasteiger partial charge in [-0.1, -0.05) is 12.6 Å². The lowest BCUT2D eigenvalue weighted by Gasteiger charge is -2.60. The van der Waals surface area contributed by atoms with Crippen LogP contribution in [-0.2, 0) is 16.6 Å². The largest absolute Gasteiger partial charge is 0.504 e. The zero-order chi connectivity index (χ0) is 25.2. The lowest BCUT2D eigenvalue weighted by Crippen LogP contribution is -2.69. The number of furan rings is 1. The van der Waals surface area contributed by atoms with Crippen molar-refractivity contribution in [2.45, 2.75) is 49.3 Å². The van der Waals surface area contributed by atoms with E-state index in [4.69, 9.17) is 9.15 Å². The summed E-state index contributed by atoms with van der Waals surface area (Å²) in [5.74, 6) is 1.23. The molecule has 1 N–H and O–H groups in total. The summed E-state index contributed by atoms with van der Waals surface area (Å²) in [7, 11) is 5.99. The first kappa shape index (κ1) is 23.2. The van der Waals surface area contributed by atoms with Crippen molar-refractivity contribution in [1.29, 1.82) is 0 Å². The lowest BCUT2D eigenvalue weighted by atomic mass is 9.51. The molecule has 4 aliphatic rings. The number of phenolic OH excluding ortho intramolecular Hbond substituents is 1. The molecule has 1 amide bonds. The number of hydrogen-bond acceptors (Lipinski definition) is 6. The van der Waals surface area contributed by atoms with E-state index in [2.05, 4.69) is 36.5 Å². The number of aromatic hydroxyl groups is 1. The van der Waals surface area contributed by atoms with Gasteiger partial charge in [-0.15, -0.1) is 0 Å². The number of carbonyl (C=O) groups is 1. The molecule has 0 radical (unpaired) electrons. The summed E-state index contributed by atoms with van der Waals surface area (Å²) >= 11 is 0. The van der Waals surface area contributed by atoms with E-state index >= 15 is 0 Å². The van der Waals surface area contributed by atoms with E-state index in [1.165, 1.54) is 11.1 Å². The number of rotatable bonds is 6. The van der Waals surface area contributed by atoms with Crippen LogP contribution in [0.3, 0.4) is 0 Å². The van der Waals surface area contributed by atoms with Gasteiger partial charge in [0.05, 0.1) is 18.6 Å². The van der Waals surface area contributed by atoms with Crippen molar-refractivity contribution in [2.24, 2.45) is 5.92 Å². The van der Waals surface area contributed by atoms with Crippen LogP contribution in [0.1, 0.15) is 36.0 Å². The Morgan fingerprint density at radius 2 is 2.11 bits per heavy atom. The highest BCUT2D eigenvalue weighted by Crippen LogP contribution is 2.64. The first-order valence-electron chi connectivity index (χ1n) is 12.9. The Labute approximate surface area is 212 Å². The van der Waals surface area contributed by atoms with Crippen molar-refractivity contribution in [1.82, 2.24) is 14.7 Å². The number of likely N-dealkylation sites (N-methyl/N-ethyl adjacent to an activating group) is 2. The maximum atomic E-state index is 13.2. The maximum absolute atomic E-state index is 13.2. The number of hydrogen-bond donors (Lipinski definition) is 1. The molecule has 6 rings (SSSR count). The molecule has 7 heteroatoms. The van der Waals surface area contributed by atoms with Gasteiger partial charge in [0.25, 0.3) is 0 Å². The first-order chi connectivity index (χ1) is 17.3. The average Bonchev–Trinajstić information content (AvgIpc) is 3.50. The van der Waals surface area contributed by atoms with Gasteiger partial charge in [-0.2, -0.15) is 0 Å². The van der Waals surface area contributed by atoms with Crippen molar-refractivity contribution in [3.8, 4) is 11.5 Å². The standard InChI is InChI=1S/C29H35N3O4/c1-18(30(2)3)16-32-13-12-29-21-7-8-22(31(4)25(34)10-5-19-11-14-35-17-19)28(29)36-27-24(33)9-6-20(26(27)29)15-23(21)32/h5-6,9-11,14,17,21-23,28,33H,1,7-8,12-13,15-16H2,2-4H3/t21-,22-,23+,28-,29-/m0/s1. The van der Waals surface area contributed by atoms with E-state index in [-0.39, 0.29) is 29.2 Å². The number of likely N-dealkylation sites (tertiary alicyclic amines) is 1. The molecule has 5 atom stereocenters. The first-order valence-corrected chi connectivity index (χ1v) is 12.9. The van der Waals surface area contributed by atoms with Crippen molar-refractivity contribution in [3.63, 3.8) is 0 Å². The summed E-state index contributed by atoms with van der Waals surface area (Å²) in [5.41, 5.74) is 4.28. The maximum Gasteiger partial charge on any atom is 0.246 e. The van der Waals surface area contributed by atoms with Gasteiger partial charge < -0.3 is 24.1 Å². The molecule has 1 aromatic heterocycles. The second-order valence-electron chi connectivity index (χ2n) is 11.1. The highest BCUT2D eigenvalue weighted by molar-refractivity contribution is 5.91. The van der Waals surface area contributed by atoms with Crippen molar-refractivity contribution >= 4 is 12.0 Å². The fourth-order valence-corrected chi connectivity index (χ4v) is 7.39. The molecule has 2 aliphatic heterocycles. The number of phenols is 1. The molecule has 7 nitrogen and oxygen atoms in total. The van der Waals surface area contributed by atoms with Crippen LogP contribution in [0.4, 0.5) is 0 Å². The van der Waals surface area contributed by atoms with E-state index < -0.39 is 0 Å². The Morgan fingerprint density at radius 3 is 2.86 bits per heavy atom. The Morgan fingerprint density at radius 1 is 1.28 bits per heavy atom. The second kappa shape index (κ2) is 8.44. The molecule has 36 heavy (non-hydrogen) atoms. The van der Waals surface area contributed by atoms with Crippen molar-refractivity contribution < 1.29 is 19.1 Å². The van der Waals surface area contributed by atoms with E-state index in [1.807, 2.05) is 18.0 Å². The summed E-state index contributed by atoms with van der Waals surface area (Å²) in [6.45, 7) is 6.11. The van der Waals surface area contributed by atoms with Crippen LogP contribution in [0.5, 0.6) is 11.5 Å². The van der Waals surface area contributed by atoms with Gasteiger partial charge in [-0.05, 0) is 61.9 Å². The summed E-state index contributed by atoms with van der Waals surface area (Å²) < 4.78 is 11.8. The molecule has 1 saturated carbocycles. The predicted octanol–water partition coefficient (Wildman–Crippen LogP) is 3.64. The smallest absolute Gasteiger partial charge is 0.246 e. The highest BCUT2D eigenvalue weighted by atomic mass is 16.5. The normalized spacial score (nSPS) is 30.1. The summed E-state index contributed by atoms with van der Waals surface area (Å²) in [4.78, 5) is 19.8. The Bertz CT molecular complexity index is 1220. The number of benzene rings is 1. The Balaban J connectivity index is 1.35. The monoisotopic (exact) mass is 489 g/mol. The summed E-state index contributed by atoms with van der Waals surface area (Å²) in [6, 6.07) is 6.02. The molecule has 1 aromatic carbocycles. The van der Waals surface area contributed by atoms with Crippen molar-refractivity contribution in [3.05, 3.63) is 65.8 Å². The van der Waals surface area contributed by atoms with Crippen LogP contribution in [0, 0.1) is 5.92 Å². The molecular weight excluding hydrogens is 454 g/mol. The van der Waals surface area contributed by atoms with Gasteiger partial charge in [0.2, 0.25) is 5.91 Å². The number of piperidine rings is 1. The fraction of sp³-hybridized carbons (Fsp3) is 0.483. The third-order valence-corrected chi connectivity index (χ3v) is 9.23. The van der Waals surface area contributed by atoms with Crippen LogP contribution in [0.25, 0.3) is 6.08 Å². The third-order valence-electron chi connectivity index (χ3n) is 9.23. The molecule has 1 spiro atoms. The topological polar surface area (TPSA) is 69.4 Å². The van der Waals surface area contributed by atoms with Gasteiger partial charge in [0, 0.05) is 62.0 Å². The molecule has 3 heterocycles. The molecular formula is C29H35N3O4. The third kappa shape index (κ3) is 3.32. The summed E-state index contributed by atoms with van der Waals surface area (Å²) in [6.07, 6.45) is 10.3. The van der Waals surface area contributed by atoms with E-state index in [9.17, 15) is 9.90 Å². The molecule has 190 valence electrons. The number of carbonyl (C=O) groups excluding carboxylic acids is 1. The minimum Gasteiger partial charge on any atom is -0.504 e. The van der Waals surface area contributed by atoms with Crippen LogP contribution in [-0.4, -0.2) is 78.1 Å². The average molecular weight is 490 g/mol. The Kier molecular flexibility index (Phi) is 5.45. The van der Waals surface area contributed by atoms with Crippen LogP contribution in [0.2, 0.25) is 0 Å². The zero-order valence-corrected chi connectivity index (χ0v) is 21.3. The molecule has 2 fully saturated rings. The predicted molar refractivity (Wildman–Crippen MR) is 138 cm³/mol. The number of nitrogens with zero attached hydrogens (tertiary/aromatic N) is 3. The Hall–Kier alpha value is -3.19. The lowest BCUT2D eigenvalue weighted by molar-refractivity contribution is -0.135. The second-order valence-corrected chi connectivity index (χ2v) is 11.1. The molecule has 2 bridgehead atoms. The van der Waals surface area contributed by atoms with Crippen molar-refractivity contribution in [2.75, 3.05) is 34.2 Å². The fourth-order valence-electron chi connectivity index (χ4n) is 7.39. The van der Waals surface area contributed by atoms with Crippen LogP contribution in [0.15, 0.2) is 53.5 Å². The zero-order valence-electron chi connectivity index (χ0n) is 21.3. The van der Waals surface area contributed by atoms with Gasteiger partial charge in [0.1, 0.15) is 6.10 Å². The van der Waals surface area contributed by atoms with E-state index in [0.29, 0.717) is 17.7 Å².